The number of carbonyl (C=O) groups excluding carboxylic acids is 1. The van der Waals surface area contributed by atoms with Gasteiger partial charge in [0.05, 0.1) is 31.1 Å². The lowest BCUT2D eigenvalue weighted by atomic mass is 9.33. The van der Waals surface area contributed by atoms with Crippen LogP contribution < -0.4 is 0 Å². The normalized spacial score (nSPS) is 42.2. The van der Waals surface area contributed by atoms with E-state index in [-0.39, 0.29) is 29.6 Å². The summed E-state index contributed by atoms with van der Waals surface area (Å²) in [6.45, 7) is 22.5. The monoisotopic (exact) mass is 633 g/mol. The SMILES string of the molecule is C=C(C)[C@@H]1CC[C@H]2[C@@]34COC5(OC(C)(C)O[C@H]1[C@@]25C(C)=O)[C@@H](O)[C@@H]3C(C)(C)C[C@H](n1cc(-c2ccc(C(C)(C)C)cc2)nn1)[C@H]4O. The molecule has 9 heteroatoms. The molecule has 6 fully saturated rings. The molecular weight excluding hydrogens is 582 g/mol. The summed E-state index contributed by atoms with van der Waals surface area (Å²) < 4.78 is 22.0. The molecule has 2 spiro atoms. The molecule has 1 aromatic carbocycles. The lowest BCUT2D eigenvalue weighted by Crippen LogP contribution is -2.90. The number of ether oxygens (including phenoxy) is 3. The molecule has 2 aromatic rings. The van der Waals surface area contributed by atoms with E-state index in [9.17, 15) is 15.0 Å². The molecule has 1 unspecified atom stereocenters. The maximum atomic E-state index is 14.3. The molecule has 6 aliphatic rings. The average Bonchev–Trinajstić information content (AvgIpc) is 3.45. The van der Waals surface area contributed by atoms with E-state index in [1.54, 1.807) is 11.6 Å². The second-order valence-corrected chi connectivity index (χ2v) is 17.2. The van der Waals surface area contributed by atoms with E-state index in [1.807, 2.05) is 27.0 Å². The Labute approximate surface area is 272 Å². The highest BCUT2D eigenvalue weighted by Gasteiger charge is 2.88. The van der Waals surface area contributed by atoms with Gasteiger partial charge in [0.1, 0.15) is 23.0 Å². The topological polar surface area (TPSA) is 116 Å². The smallest absolute Gasteiger partial charge is 0.213 e. The van der Waals surface area contributed by atoms with Crippen molar-refractivity contribution in [2.24, 2.45) is 34.0 Å². The van der Waals surface area contributed by atoms with E-state index in [1.165, 1.54) is 5.56 Å². The standard InChI is InChI=1S/C37H51N3O6/c1-20(2)24-15-16-27-35-19-44-37(36(27,21(3)41)31(24)45-34(9,10)46-37)30(43)28(35)33(7,8)17-26(29(35)42)40-18-25(38-39-40)22-11-13-23(14-12-22)32(4,5)6/h11-14,18,24,26-31,42-43H,1,15-17,19H2,2-10H3/t24-,26-,27-,28+,29+,30-,31+,35-,36+,37?/m0/s1. The van der Waals surface area contributed by atoms with Gasteiger partial charge in [0.25, 0.3) is 0 Å². The van der Waals surface area contributed by atoms with Crippen molar-refractivity contribution < 1.29 is 29.2 Å². The summed E-state index contributed by atoms with van der Waals surface area (Å²) in [5.41, 5.74) is 1.11. The second kappa shape index (κ2) is 9.82. The number of nitrogens with zero attached hydrogens (tertiary/aromatic N) is 3. The van der Waals surface area contributed by atoms with Crippen molar-refractivity contribution in [3.8, 4) is 11.3 Å². The number of aromatic nitrogens is 3. The Morgan fingerprint density at radius 2 is 1.72 bits per heavy atom. The maximum absolute atomic E-state index is 14.3. The molecular formula is C37H51N3O6. The van der Waals surface area contributed by atoms with Gasteiger partial charge < -0.3 is 24.4 Å². The number of carbonyl (C=O) groups is 1. The van der Waals surface area contributed by atoms with Crippen LogP contribution in [0, 0.1) is 34.0 Å². The van der Waals surface area contributed by atoms with Crippen LogP contribution in [-0.2, 0) is 24.4 Å². The minimum Gasteiger partial charge on any atom is -0.390 e. The molecule has 0 amide bonds. The summed E-state index contributed by atoms with van der Waals surface area (Å²) in [4.78, 5) is 14.3. The van der Waals surface area contributed by atoms with Crippen molar-refractivity contribution in [2.45, 2.75) is 123 Å². The molecule has 46 heavy (non-hydrogen) atoms. The van der Waals surface area contributed by atoms with Gasteiger partial charge in [0.2, 0.25) is 5.79 Å². The maximum Gasteiger partial charge on any atom is 0.213 e. The highest BCUT2D eigenvalue weighted by molar-refractivity contribution is 5.86. The first-order chi connectivity index (χ1) is 21.3. The number of fused-ring (bicyclic) bond motifs is 1. The fraction of sp³-hybridized carbons (Fsp3) is 0.703. The van der Waals surface area contributed by atoms with Gasteiger partial charge in [0, 0.05) is 22.8 Å². The van der Waals surface area contributed by atoms with E-state index in [2.05, 4.69) is 75.8 Å². The average molecular weight is 634 g/mol. The van der Waals surface area contributed by atoms with E-state index in [0.29, 0.717) is 12.8 Å². The van der Waals surface area contributed by atoms with E-state index in [0.717, 1.165) is 23.3 Å². The number of benzene rings is 1. The van der Waals surface area contributed by atoms with Gasteiger partial charge in [-0.1, -0.05) is 76.2 Å². The summed E-state index contributed by atoms with van der Waals surface area (Å²) >= 11 is 0. The van der Waals surface area contributed by atoms with Crippen LogP contribution in [0.5, 0.6) is 0 Å². The first-order valence-electron chi connectivity index (χ1n) is 16.9. The summed E-state index contributed by atoms with van der Waals surface area (Å²) in [6.07, 6.45) is 1.10. The first-order valence-corrected chi connectivity index (χ1v) is 16.9. The quantitative estimate of drug-likeness (QED) is 0.418. The lowest BCUT2D eigenvalue weighted by Gasteiger charge is -2.79. The molecule has 3 saturated heterocycles. The largest absolute Gasteiger partial charge is 0.390 e. The molecule has 2 N–H and O–H groups in total. The van der Waals surface area contributed by atoms with E-state index < -0.39 is 58.1 Å². The van der Waals surface area contributed by atoms with Crippen molar-refractivity contribution in [1.29, 1.82) is 0 Å². The number of aliphatic hydroxyl groups is 2. The lowest BCUT2D eigenvalue weighted by molar-refractivity contribution is -0.539. The number of hydrogen-bond donors (Lipinski definition) is 2. The third-order valence-corrected chi connectivity index (χ3v) is 12.6. The zero-order chi connectivity index (χ0) is 33.4. The minimum atomic E-state index is -1.61. The number of Topliss-reactive ketones (excluding diaryl/α,β-unsaturated/α-hetero) is 1. The van der Waals surface area contributed by atoms with Gasteiger partial charge in [-0.3, -0.25) is 4.79 Å². The van der Waals surface area contributed by atoms with Gasteiger partial charge in [-0.25, -0.2) is 4.68 Å². The molecule has 250 valence electrons. The van der Waals surface area contributed by atoms with Gasteiger partial charge in [-0.15, -0.1) is 5.10 Å². The number of hydrogen-bond acceptors (Lipinski definition) is 8. The minimum absolute atomic E-state index is 0.0396. The summed E-state index contributed by atoms with van der Waals surface area (Å²) in [6, 6.07) is 7.93. The van der Waals surface area contributed by atoms with Gasteiger partial charge >= 0.3 is 0 Å². The molecule has 3 aliphatic carbocycles. The predicted octanol–water partition coefficient (Wildman–Crippen LogP) is 5.61. The van der Waals surface area contributed by atoms with Crippen molar-refractivity contribution >= 4 is 5.78 Å². The first kappa shape index (κ1) is 32.1. The Bertz CT molecular complexity index is 1570. The van der Waals surface area contributed by atoms with Crippen LogP contribution in [0.2, 0.25) is 0 Å². The second-order valence-electron chi connectivity index (χ2n) is 17.2. The number of rotatable bonds is 4. The Morgan fingerprint density at radius 3 is 2.33 bits per heavy atom. The Morgan fingerprint density at radius 1 is 1.04 bits per heavy atom. The van der Waals surface area contributed by atoms with Crippen molar-refractivity contribution in [3.05, 3.63) is 48.2 Å². The van der Waals surface area contributed by atoms with Crippen molar-refractivity contribution in [2.75, 3.05) is 6.61 Å². The molecule has 9 nitrogen and oxygen atoms in total. The highest BCUT2D eigenvalue weighted by atomic mass is 16.8. The molecule has 2 bridgehead atoms. The fourth-order valence-electron chi connectivity index (χ4n) is 10.9. The van der Waals surface area contributed by atoms with Crippen molar-refractivity contribution in [1.82, 2.24) is 15.0 Å². The van der Waals surface area contributed by atoms with Gasteiger partial charge in [0.15, 0.2) is 5.79 Å². The third-order valence-electron chi connectivity index (χ3n) is 12.6. The number of ketones is 1. The van der Waals surface area contributed by atoms with Gasteiger partial charge in [-0.05, 0) is 69.3 Å². The molecule has 3 saturated carbocycles. The van der Waals surface area contributed by atoms with Gasteiger partial charge in [-0.2, -0.15) is 0 Å². The zero-order valence-corrected chi connectivity index (χ0v) is 28.8. The molecule has 4 heterocycles. The third kappa shape index (κ3) is 3.95. The van der Waals surface area contributed by atoms with Crippen molar-refractivity contribution in [3.63, 3.8) is 0 Å². The van der Waals surface area contributed by atoms with Crippen LogP contribution in [0.4, 0.5) is 0 Å². The summed E-state index contributed by atoms with van der Waals surface area (Å²) in [5.74, 6) is -3.76. The summed E-state index contributed by atoms with van der Waals surface area (Å²) in [7, 11) is 0. The van der Waals surface area contributed by atoms with E-state index in [4.69, 9.17) is 14.2 Å². The molecule has 8 rings (SSSR count). The van der Waals surface area contributed by atoms with Crippen LogP contribution in [0.15, 0.2) is 42.6 Å². The number of aliphatic hydroxyl groups excluding tert-OH is 2. The molecule has 3 aliphatic heterocycles. The zero-order valence-electron chi connectivity index (χ0n) is 28.8. The van der Waals surface area contributed by atoms with E-state index >= 15 is 0 Å². The predicted molar refractivity (Wildman–Crippen MR) is 172 cm³/mol. The fourth-order valence-corrected chi connectivity index (χ4v) is 10.9. The van der Waals surface area contributed by atoms with Crippen LogP contribution in [0.1, 0.15) is 93.2 Å². The Kier molecular flexibility index (Phi) is 6.86. The molecule has 1 aromatic heterocycles. The van der Waals surface area contributed by atoms with Crippen LogP contribution >= 0.6 is 0 Å². The van der Waals surface area contributed by atoms with Crippen LogP contribution in [-0.4, -0.2) is 67.5 Å². The van der Waals surface area contributed by atoms with Crippen LogP contribution in [0.3, 0.4) is 0 Å². The molecule has 0 radical (unpaired) electrons. The van der Waals surface area contributed by atoms with Crippen LogP contribution in [0.25, 0.3) is 11.3 Å². The Balaban J connectivity index is 1.35. The summed E-state index contributed by atoms with van der Waals surface area (Å²) in [5, 5.41) is 34.5. The highest BCUT2D eigenvalue weighted by Crippen LogP contribution is 2.77. The Hall–Kier alpha value is -2.43. The molecule has 10 atom stereocenters.